The van der Waals surface area contributed by atoms with E-state index in [1.165, 1.54) is 6.07 Å². The predicted molar refractivity (Wildman–Crippen MR) is 70.8 cm³/mol. The lowest BCUT2D eigenvalue weighted by Crippen LogP contribution is -2.37. The highest BCUT2D eigenvalue weighted by Gasteiger charge is 2.28. The van der Waals surface area contributed by atoms with Gasteiger partial charge in [-0.15, -0.1) is 0 Å². The molecule has 18 heavy (non-hydrogen) atoms. The van der Waals surface area contributed by atoms with Crippen LogP contribution in [0.1, 0.15) is 44.2 Å². The number of aliphatic hydroxyl groups excluding tert-OH is 1. The molecule has 0 amide bonds. The molecular weight excluding hydrogens is 229 g/mol. The first-order chi connectivity index (χ1) is 8.76. The van der Waals surface area contributed by atoms with Gasteiger partial charge < -0.3 is 10.4 Å². The van der Waals surface area contributed by atoms with Crippen LogP contribution < -0.4 is 5.32 Å². The van der Waals surface area contributed by atoms with Gasteiger partial charge >= 0.3 is 0 Å². The van der Waals surface area contributed by atoms with E-state index in [9.17, 15) is 9.50 Å². The SMILES string of the molecule is CCC(NC1CCCC1CO)c1ccccc1F. The molecule has 3 atom stereocenters. The Labute approximate surface area is 108 Å². The fourth-order valence-electron chi connectivity index (χ4n) is 2.92. The lowest BCUT2D eigenvalue weighted by molar-refractivity contribution is 0.198. The molecule has 1 fully saturated rings. The molecule has 3 unspecified atom stereocenters. The average Bonchev–Trinajstić information content (AvgIpc) is 2.84. The van der Waals surface area contributed by atoms with Crippen molar-refractivity contribution in [3.05, 3.63) is 35.6 Å². The third kappa shape index (κ3) is 2.90. The highest BCUT2D eigenvalue weighted by molar-refractivity contribution is 5.21. The fraction of sp³-hybridized carbons (Fsp3) is 0.600. The second kappa shape index (κ2) is 6.30. The predicted octanol–water partition coefficient (Wildman–Crippen LogP) is 3.03. The monoisotopic (exact) mass is 251 g/mol. The zero-order valence-electron chi connectivity index (χ0n) is 10.9. The number of hydrogen-bond acceptors (Lipinski definition) is 2. The highest BCUT2D eigenvalue weighted by atomic mass is 19.1. The van der Waals surface area contributed by atoms with E-state index in [1.54, 1.807) is 6.07 Å². The van der Waals surface area contributed by atoms with Crippen LogP contribution in [0.2, 0.25) is 0 Å². The zero-order valence-corrected chi connectivity index (χ0v) is 10.9. The second-order valence-corrected chi connectivity index (χ2v) is 5.13. The molecule has 2 rings (SSSR count). The second-order valence-electron chi connectivity index (χ2n) is 5.13. The third-order valence-corrected chi connectivity index (χ3v) is 4.00. The van der Waals surface area contributed by atoms with Gasteiger partial charge in [0.1, 0.15) is 5.82 Å². The largest absolute Gasteiger partial charge is 0.396 e. The summed E-state index contributed by atoms with van der Waals surface area (Å²) in [5, 5.41) is 12.9. The molecule has 0 spiro atoms. The van der Waals surface area contributed by atoms with E-state index in [0.717, 1.165) is 31.2 Å². The molecule has 3 heteroatoms. The van der Waals surface area contributed by atoms with Crippen molar-refractivity contribution in [2.75, 3.05) is 6.61 Å². The minimum absolute atomic E-state index is 0.0448. The van der Waals surface area contributed by atoms with Gasteiger partial charge in [-0.25, -0.2) is 4.39 Å². The third-order valence-electron chi connectivity index (χ3n) is 4.00. The molecule has 0 aliphatic heterocycles. The summed E-state index contributed by atoms with van der Waals surface area (Å²) in [6, 6.07) is 7.32. The molecule has 0 saturated heterocycles. The maximum absolute atomic E-state index is 13.8. The Bertz CT molecular complexity index is 383. The number of nitrogens with one attached hydrogen (secondary N) is 1. The molecule has 2 N–H and O–H groups in total. The van der Waals surface area contributed by atoms with E-state index in [-0.39, 0.29) is 18.5 Å². The van der Waals surface area contributed by atoms with Gasteiger partial charge in [-0.3, -0.25) is 0 Å². The van der Waals surface area contributed by atoms with Gasteiger partial charge in [-0.1, -0.05) is 31.5 Å². The molecule has 100 valence electrons. The quantitative estimate of drug-likeness (QED) is 0.843. The first-order valence-electron chi connectivity index (χ1n) is 6.87. The van der Waals surface area contributed by atoms with Crippen molar-refractivity contribution in [3.63, 3.8) is 0 Å². The minimum Gasteiger partial charge on any atom is -0.396 e. The first kappa shape index (κ1) is 13.5. The summed E-state index contributed by atoms with van der Waals surface area (Å²) < 4.78 is 13.8. The summed E-state index contributed by atoms with van der Waals surface area (Å²) in [6.45, 7) is 2.29. The Morgan fingerprint density at radius 3 is 2.83 bits per heavy atom. The van der Waals surface area contributed by atoms with Crippen LogP contribution in [-0.2, 0) is 0 Å². The van der Waals surface area contributed by atoms with E-state index in [2.05, 4.69) is 12.2 Å². The number of halogens is 1. The number of benzene rings is 1. The maximum atomic E-state index is 13.8. The van der Waals surface area contributed by atoms with Crippen molar-refractivity contribution in [2.24, 2.45) is 5.92 Å². The molecule has 1 saturated carbocycles. The van der Waals surface area contributed by atoms with Gasteiger partial charge in [0.2, 0.25) is 0 Å². The molecule has 1 aromatic carbocycles. The van der Waals surface area contributed by atoms with Crippen molar-refractivity contribution in [1.82, 2.24) is 5.32 Å². The molecule has 1 aromatic rings. The average molecular weight is 251 g/mol. The summed E-state index contributed by atoms with van der Waals surface area (Å²) in [7, 11) is 0. The van der Waals surface area contributed by atoms with E-state index < -0.39 is 0 Å². The van der Waals surface area contributed by atoms with Crippen LogP contribution in [0.3, 0.4) is 0 Å². The topological polar surface area (TPSA) is 32.3 Å². The molecule has 1 aliphatic rings. The number of aliphatic hydroxyl groups is 1. The van der Waals surface area contributed by atoms with E-state index in [0.29, 0.717) is 12.0 Å². The Hall–Kier alpha value is -0.930. The standard InChI is InChI=1S/C15H22FNO/c1-2-14(12-7-3-4-8-13(12)16)17-15-9-5-6-11(15)10-18/h3-4,7-8,11,14-15,17-18H,2,5-6,9-10H2,1H3. The minimum atomic E-state index is -0.143. The molecule has 0 bridgehead atoms. The molecule has 1 aliphatic carbocycles. The van der Waals surface area contributed by atoms with Crippen LogP contribution in [0.4, 0.5) is 4.39 Å². The Morgan fingerprint density at radius 1 is 1.39 bits per heavy atom. The Balaban J connectivity index is 2.08. The fourth-order valence-corrected chi connectivity index (χ4v) is 2.92. The zero-order chi connectivity index (χ0) is 13.0. The maximum Gasteiger partial charge on any atom is 0.127 e. The molecule has 0 radical (unpaired) electrons. The summed E-state index contributed by atoms with van der Waals surface area (Å²) in [5.41, 5.74) is 0.739. The summed E-state index contributed by atoms with van der Waals surface area (Å²) in [5.74, 6) is 0.182. The smallest absolute Gasteiger partial charge is 0.127 e. The van der Waals surface area contributed by atoms with Crippen molar-refractivity contribution >= 4 is 0 Å². The number of hydrogen-bond donors (Lipinski definition) is 2. The van der Waals surface area contributed by atoms with Gasteiger partial charge in [0, 0.05) is 24.3 Å². The lowest BCUT2D eigenvalue weighted by Gasteiger charge is -2.26. The van der Waals surface area contributed by atoms with Crippen molar-refractivity contribution in [1.29, 1.82) is 0 Å². The highest BCUT2D eigenvalue weighted by Crippen LogP contribution is 2.29. The molecule has 2 nitrogen and oxygen atoms in total. The van der Waals surface area contributed by atoms with Gasteiger partial charge in [0.15, 0.2) is 0 Å². The Kier molecular flexibility index (Phi) is 4.72. The van der Waals surface area contributed by atoms with Crippen LogP contribution in [-0.4, -0.2) is 17.8 Å². The molecular formula is C15H22FNO. The van der Waals surface area contributed by atoms with Crippen molar-refractivity contribution < 1.29 is 9.50 Å². The summed E-state index contributed by atoms with van der Waals surface area (Å²) in [4.78, 5) is 0. The van der Waals surface area contributed by atoms with Gasteiger partial charge in [0.05, 0.1) is 0 Å². The van der Waals surface area contributed by atoms with E-state index in [1.807, 2.05) is 12.1 Å². The van der Waals surface area contributed by atoms with E-state index in [4.69, 9.17) is 0 Å². The van der Waals surface area contributed by atoms with Crippen LogP contribution in [0.25, 0.3) is 0 Å². The summed E-state index contributed by atoms with van der Waals surface area (Å²) in [6.07, 6.45) is 4.16. The van der Waals surface area contributed by atoms with Gasteiger partial charge in [-0.05, 0) is 31.2 Å². The van der Waals surface area contributed by atoms with Crippen molar-refractivity contribution in [3.8, 4) is 0 Å². The normalized spacial score (nSPS) is 25.3. The number of rotatable bonds is 5. The van der Waals surface area contributed by atoms with Crippen LogP contribution in [0.5, 0.6) is 0 Å². The lowest BCUT2D eigenvalue weighted by atomic mass is 9.99. The van der Waals surface area contributed by atoms with Crippen molar-refractivity contribution in [2.45, 2.75) is 44.7 Å². The molecule has 0 aromatic heterocycles. The first-order valence-corrected chi connectivity index (χ1v) is 6.87. The molecule has 0 heterocycles. The van der Waals surface area contributed by atoms with Crippen LogP contribution in [0, 0.1) is 11.7 Å². The van der Waals surface area contributed by atoms with Gasteiger partial charge in [0.25, 0.3) is 0 Å². The van der Waals surface area contributed by atoms with Crippen LogP contribution in [0.15, 0.2) is 24.3 Å². The summed E-state index contributed by atoms with van der Waals surface area (Å²) >= 11 is 0. The van der Waals surface area contributed by atoms with E-state index >= 15 is 0 Å². The van der Waals surface area contributed by atoms with Gasteiger partial charge in [-0.2, -0.15) is 0 Å². The van der Waals surface area contributed by atoms with Crippen LogP contribution >= 0.6 is 0 Å². The Morgan fingerprint density at radius 2 is 2.17 bits per heavy atom.